The first kappa shape index (κ1) is 19.8. The zero-order chi connectivity index (χ0) is 21.1. The Bertz CT molecular complexity index is 1060. The molecule has 1 fully saturated rings. The number of nitrogens with zero attached hydrogens (tertiary/aromatic N) is 5. The highest BCUT2D eigenvalue weighted by Crippen LogP contribution is 2.36. The van der Waals surface area contributed by atoms with Crippen molar-refractivity contribution in [1.29, 1.82) is 5.26 Å². The van der Waals surface area contributed by atoms with Crippen LogP contribution in [-0.2, 0) is 0 Å². The average molecular weight is 407 g/mol. The van der Waals surface area contributed by atoms with Crippen LogP contribution in [0.2, 0.25) is 0 Å². The molecule has 30 heavy (non-hydrogen) atoms. The molecule has 0 saturated carbocycles. The van der Waals surface area contributed by atoms with Crippen molar-refractivity contribution in [1.82, 2.24) is 25.1 Å². The molecule has 0 radical (unpaired) electrons. The first-order valence-corrected chi connectivity index (χ1v) is 9.63. The number of hydrogen-bond donors (Lipinski definition) is 2. The molecule has 1 aliphatic heterocycles. The number of ether oxygens (including phenoxy) is 1. The lowest BCUT2D eigenvalue weighted by atomic mass is 9.87. The maximum Gasteiger partial charge on any atom is 0.158 e. The number of nitriles is 1. The molecule has 2 aromatic heterocycles. The number of aromatic amines is 1. The van der Waals surface area contributed by atoms with Gasteiger partial charge in [0.15, 0.2) is 11.5 Å². The van der Waals surface area contributed by atoms with E-state index in [0.29, 0.717) is 23.9 Å². The number of nitrogens with one attached hydrogen (secondary N) is 2. The molecule has 4 rings (SSSR count). The quantitative estimate of drug-likeness (QED) is 0.669. The van der Waals surface area contributed by atoms with Gasteiger partial charge < -0.3 is 15.0 Å². The van der Waals surface area contributed by atoms with Crippen LogP contribution in [-0.4, -0.2) is 58.5 Å². The number of likely N-dealkylation sites (tertiary alicyclic amines) is 1. The zero-order valence-electron chi connectivity index (χ0n) is 16.8. The normalized spacial score (nSPS) is 19.3. The zero-order valence-corrected chi connectivity index (χ0v) is 16.8. The van der Waals surface area contributed by atoms with Crippen molar-refractivity contribution in [2.45, 2.75) is 18.5 Å². The van der Waals surface area contributed by atoms with Gasteiger partial charge in [0.1, 0.15) is 23.8 Å². The van der Waals surface area contributed by atoms with Crippen LogP contribution >= 0.6 is 0 Å². The first-order valence-electron chi connectivity index (χ1n) is 9.63. The van der Waals surface area contributed by atoms with Gasteiger partial charge in [0.2, 0.25) is 0 Å². The van der Waals surface area contributed by atoms with Gasteiger partial charge in [-0.15, -0.1) is 0 Å². The van der Waals surface area contributed by atoms with E-state index in [1.54, 1.807) is 7.11 Å². The molecular weight excluding hydrogens is 385 g/mol. The summed E-state index contributed by atoms with van der Waals surface area (Å²) in [6, 6.07) is 9.55. The van der Waals surface area contributed by atoms with Crippen LogP contribution in [0.25, 0.3) is 11.3 Å². The van der Waals surface area contributed by atoms with E-state index in [9.17, 15) is 4.39 Å². The second kappa shape index (κ2) is 8.47. The number of methoxy groups -OCH3 is 1. The largest absolute Gasteiger partial charge is 0.496 e. The van der Waals surface area contributed by atoms with Crippen LogP contribution in [0.15, 0.2) is 36.7 Å². The van der Waals surface area contributed by atoms with Crippen molar-refractivity contribution >= 4 is 11.6 Å². The van der Waals surface area contributed by atoms with E-state index >= 15 is 0 Å². The number of anilines is 2. The Morgan fingerprint density at radius 1 is 1.27 bits per heavy atom. The average Bonchev–Trinajstić information content (AvgIpc) is 3.22. The van der Waals surface area contributed by atoms with Gasteiger partial charge in [0, 0.05) is 24.1 Å². The van der Waals surface area contributed by atoms with Crippen molar-refractivity contribution in [3.05, 3.63) is 47.9 Å². The summed E-state index contributed by atoms with van der Waals surface area (Å²) in [4.78, 5) is 10.1. The van der Waals surface area contributed by atoms with Crippen LogP contribution in [0, 0.1) is 11.3 Å². The fourth-order valence-electron chi connectivity index (χ4n) is 3.70. The molecule has 154 valence electrons. The molecule has 0 spiro atoms. The van der Waals surface area contributed by atoms with E-state index in [1.807, 2.05) is 42.3 Å². The number of hydrogen-bond acceptors (Lipinski definition) is 7. The summed E-state index contributed by atoms with van der Waals surface area (Å²) in [5.74, 6) is 1.56. The van der Waals surface area contributed by atoms with Gasteiger partial charge in [-0.2, -0.15) is 10.4 Å². The molecule has 0 amide bonds. The van der Waals surface area contributed by atoms with Crippen molar-refractivity contribution in [3.8, 4) is 23.1 Å². The van der Waals surface area contributed by atoms with Gasteiger partial charge in [0.05, 0.1) is 25.2 Å². The molecule has 1 aliphatic rings. The van der Waals surface area contributed by atoms with Gasteiger partial charge >= 0.3 is 0 Å². The van der Waals surface area contributed by atoms with Gasteiger partial charge in [-0.1, -0.05) is 6.07 Å². The number of halogens is 1. The molecule has 8 nitrogen and oxygen atoms in total. The molecular formula is C21H22FN7O. The van der Waals surface area contributed by atoms with Crippen molar-refractivity contribution in [2.75, 3.05) is 32.6 Å². The standard InChI is InChI=1S/C21H22FN7O/c1-29-6-5-15(17(22)12-29)13-3-4-16(19(7-13)30-2)18-8-20(28-27-18)26-21-11-24-14(9-23)10-25-21/h3-4,7-8,10-11,15,17H,5-6,12H2,1-2H3,(H2,25,26,27,28). The summed E-state index contributed by atoms with van der Waals surface area (Å²) in [6.07, 6.45) is 2.75. The summed E-state index contributed by atoms with van der Waals surface area (Å²) < 4.78 is 20.2. The molecule has 2 atom stereocenters. The molecule has 1 saturated heterocycles. The van der Waals surface area contributed by atoms with Gasteiger partial charge in [-0.05, 0) is 37.7 Å². The summed E-state index contributed by atoms with van der Waals surface area (Å²) in [5.41, 5.74) is 2.77. The molecule has 3 heterocycles. The SMILES string of the molecule is COc1cc(C2CCN(C)CC2F)ccc1-c1cc(Nc2cnc(C#N)cn2)n[nH]1. The molecule has 0 bridgehead atoms. The third-order valence-corrected chi connectivity index (χ3v) is 5.29. The Hall–Kier alpha value is -3.51. The number of piperidine rings is 1. The third-order valence-electron chi connectivity index (χ3n) is 5.29. The van der Waals surface area contributed by atoms with Gasteiger partial charge in [-0.3, -0.25) is 5.10 Å². The van der Waals surface area contributed by atoms with Crippen LogP contribution in [0.1, 0.15) is 23.6 Å². The second-order valence-electron chi connectivity index (χ2n) is 7.32. The number of benzene rings is 1. The fraction of sp³-hybridized carbons (Fsp3) is 0.333. The van der Waals surface area contributed by atoms with E-state index < -0.39 is 6.17 Å². The molecule has 1 aromatic carbocycles. The predicted octanol–water partition coefficient (Wildman–Crippen LogP) is 3.25. The minimum absolute atomic E-state index is 0.127. The van der Waals surface area contributed by atoms with E-state index in [-0.39, 0.29) is 11.6 Å². The Labute approximate surface area is 173 Å². The maximum absolute atomic E-state index is 14.6. The van der Waals surface area contributed by atoms with Crippen LogP contribution in [0.3, 0.4) is 0 Å². The highest BCUT2D eigenvalue weighted by atomic mass is 19.1. The maximum atomic E-state index is 14.6. The van der Waals surface area contributed by atoms with Crippen molar-refractivity contribution in [3.63, 3.8) is 0 Å². The molecule has 3 aromatic rings. The fourth-order valence-corrected chi connectivity index (χ4v) is 3.70. The summed E-state index contributed by atoms with van der Waals surface area (Å²) >= 11 is 0. The molecule has 2 N–H and O–H groups in total. The Balaban J connectivity index is 1.54. The molecule has 0 aliphatic carbocycles. The monoisotopic (exact) mass is 407 g/mol. The van der Waals surface area contributed by atoms with E-state index in [4.69, 9.17) is 10.00 Å². The number of alkyl halides is 1. The topological polar surface area (TPSA) is 103 Å². The van der Waals surface area contributed by atoms with Crippen molar-refractivity contribution in [2.24, 2.45) is 0 Å². The molecule has 9 heteroatoms. The van der Waals surface area contributed by atoms with Crippen LogP contribution in [0.4, 0.5) is 16.0 Å². The lowest BCUT2D eigenvalue weighted by Crippen LogP contribution is -2.38. The number of rotatable bonds is 5. The minimum atomic E-state index is -0.893. The predicted molar refractivity (Wildman–Crippen MR) is 110 cm³/mol. The summed E-state index contributed by atoms with van der Waals surface area (Å²) in [7, 11) is 3.55. The number of H-pyrrole nitrogens is 1. The smallest absolute Gasteiger partial charge is 0.158 e. The van der Waals surface area contributed by atoms with E-state index in [0.717, 1.165) is 29.8 Å². The van der Waals surface area contributed by atoms with Gasteiger partial charge in [-0.25, -0.2) is 14.4 Å². The van der Waals surface area contributed by atoms with Crippen LogP contribution < -0.4 is 10.1 Å². The first-order chi connectivity index (χ1) is 14.6. The Kier molecular flexibility index (Phi) is 5.59. The van der Waals surface area contributed by atoms with E-state index in [2.05, 4.69) is 25.5 Å². The summed E-state index contributed by atoms with van der Waals surface area (Å²) in [6.45, 7) is 1.32. The second-order valence-corrected chi connectivity index (χ2v) is 7.32. The van der Waals surface area contributed by atoms with Crippen molar-refractivity contribution < 1.29 is 9.13 Å². The lowest BCUT2D eigenvalue weighted by Gasteiger charge is -2.32. The Morgan fingerprint density at radius 2 is 2.13 bits per heavy atom. The number of aromatic nitrogens is 4. The highest BCUT2D eigenvalue weighted by Gasteiger charge is 2.29. The summed E-state index contributed by atoms with van der Waals surface area (Å²) in [5, 5.41) is 19.1. The Morgan fingerprint density at radius 3 is 2.83 bits per heavy atom. The van der Waals surface area contributed by atoms with Crippen LogP contribution in [0.5, 0.6) is 5.75 Å². The molecule has 2 unspecified atom stereocenters. The third kappa shape index (κ3) is 4.09. The van der Waals surface area contributed by atoms with E-state index in [1.165, 1.54) is 12.4 Å². The highest BCUT2D eigenvalue weighted by molar-refractivity contribution is 5.71. The lowest BCUT2D eigenvalue weighted by molar-refractivity contribution is 0.139. The minimum Gasteiger partial charge on any atom is -0.496 e. The van der Waals surface area contributed by atoms with Gasteiger partial charge in [0.25, 0.3) is 0 Å².